The predicted molar refractivity (Wildman–Crippen MR) is 203 cm³/mol. The van der Waals surface area contributed by atoms with Gasteiger partial charge in [0.15, 0.2) is 0 Å². The van der Waals surface area contributed by atoms with Crippen LogP contribution in [0.5, 0.6) is 0 Å². The Balaban J connectivity index is 1.06. The van der Waals surface area contributed by atoms with Crippen molar-refractivity contribution in [3.05, 3.63) is 93.5 Å². The first-order chi connectivity index (χ1) is 24.1. The third kappa shape index (κ3) is 8.79. The van der Waals surface area contributed by atoms with Crippen LogP contribution in [-0.4, -0.2) is 110 Å². The van der Waals surface area contributed by atoms with Gasteiger partial charge in [-0.25, -0.2) is 9.59 Å². The largest absolute Gasteiger partial charge is 0.368 e. The maximum absolute atomic E-state index is 14.1. The van der Waals surface area contributed by atoms with E-state index in [1.165, 1.54) is 11.3 Å². The van der Waals surface area contributed by atoms with Crippen molar-refractivity contribution >= 4 is 45.3 Å². The van der Waals surface area contributed by atoms with E-state index in [0.29, 0.717) is 52.0 Å². The SMILES string of the molecule is Cc1cc(CC(NC(=O)N2CCC(N3Cc4ccccc4NC3=O)CC2)C(=O)N2CCN(c3ccc(CCCN(C)C)cc3)CC2)ccc1Br. The van der Waals surface area contributed by atoms with Gasteiger partial charge in [0.2, 0.25) is 5.91 Å². The Morgan fingerprint density at radius 1 is 0.920 bits per heavy atom. The summed E-state index contributed by atoms with van der Waals surface area (Å²) in [4.78, 5) is 50.9. The molecule has 5 amide bonds. The molecular weight excluding hydrogens is 694 g/mol. The fourth-order valence-electron chi connectivity index (χ4n) is 7.29. The van der Waals surface area contributed by atoms with Crippen LogP contribution in [0.4, 0.5) is 21.0 Å². The number of piperazine rings is 1. The molecule has 2 N–H and O–H groups in total. The van der Waals surface area contributed by atoms with Crippen molar-refractivity contribution in [3.8, 4) is 0 Å². The maximum Gasteiger partial charge on any atom is 0.322 e. The molecular formula is C39H50BrN7O3. The first kappa shape index (κ1) is 35.7. The molecule has 11 heteroatoms. The molecule has 0 saturated carbocycles. The number of fused-ring (bicyclic) bond motifs is 1. The van der Waals surface area contributed by atoms with Crippen LogP contribution in [0.2, 0.25) is 0 Å². The minimum absolute atomic E-state index is 0.0474. The summed E-state index contributed by atoms with van der Waals surface area (Å²) >= 11 is 3.58. The van der Waals surface area contributed by atoms with Gasteiger partial charge in [0, 0.05) is 74.1 Å². The van der Waals surface area contributed by atoms with Gasteiger partial charge in [0.1, 0.15) is 6.04 Å². The smallest absolute Gasteiger partial charge is 0.322 e. The van der Waals surface area contributed by atoms with Gasteiger partial charge in [0.25, 0.3) is 0 Å². The first-order valence-corrected chi connectivity index (χ1v) is 18.7. The lowest BCUT2D eigenvalue weighted by Gasteiger charge is -2.41. The normalized spacial score (nSPS) is 17.4. The zero-order valence-corrected chi connectivity index (χ0v) is 31.1. The number of benzene rings is 3. The van der Waals surface area contributed by atoms with Crippen LogP contribution in [0.15, 0.2) is 71.2 Å². The molecule has 50 heavy (non-hydrogen) atoms. The van der Waals surface area contributed by atoms with Crippen LogP contribution in [-0.2, 0) is 24.2 Å². The molecule has 1 unspecified atom stereocenters. The fourth-order valence-corrected chi connectivity index (χ4v) is 7.53. The van der Waals surface area contributed by atoms with Crippen LogP contribution >= 0.6 is 15.9 Å². The van der Waals surface area contributed by atoms with Gasteiger partial charge in [-0.1, -0.05) is 58.4 Å². The lowest BCUT2D eigenvalue weighted by molar-refractivity contribution is -0.133. The van der Waals surface area contributed by atoms with E-state index >= 15 is 0 Å². The van der Waals surface area contributed by atoms with E-state index in [2.05, 4.69) is 80.8 Å². The second-order valence-electron chi connectivity index (χ2n) is 14.1. The van der Waals surface area contributed by atoms with Gasteiger partial charge < -0.3 is 35.1 Å². The number of halogens is 1. The number of piperidine rings is 1. The number of hydrogen-bond acceptors (Lipinski definition) is 5. The molecule has 2 fully saturated rings. The van der Waals surface area contributed by atoms with Crippen LogP contribution in [0, 0.1) is 6.92 Å². The van der Waals surface area contributed by atoms with Crippen molar-refractivity contribution in [2.75, 3.05) is 70.1 Å². The monoisotopic (exact) mass is 743 g/mol. The number of anilines is 2. The Morgan fingerprint density at radius 3 is 2.32 bits per heavy atom. The molecule has 0 radical (unpaired) electrons. The number of carbonyl (C=O) groups is 3. The quantitative estimate of drug-likeness (QED) is 0.277. The van der Waals surface area contributed by atoms with Crippen LogP contribution < -0.4 is 15.5 Å². The second kappa shape index (κ2) is 16.3. The number of para-hydroxylation sites is 1. The Labute approximate surface area is 304 Å². The van der Waals surface area contributed by atoms with Crippen LogP contribution in [0.25, 0.3) is 0 Å². The minimum Gasteiger partial charge on any atom is -0.368 e. The Kier molecular flexibility index (Phi) is 11.6. The van der Waals surface area contributed by atoms with Crippen molar-refractivity contribution in [2.45, 2.75) is 57.7 Å². The number of amides is 5. The number of nitrogens with zero attached hydrogens (tertiary/aromatic N) is 5. The number of urea groups is 2. The van der Waals surface area contributed by atoms with E-state index in [1.54, 1.807) is 4.90 Å². The van der Waals surface area contributed by atoms with Crippen molar-refractivity contribution in [2.24, 2.45) is 0 Å². The third-order valence-corrected chi connectivity index (χ3v) is 11.2. The van der Waals surface area contributed by atoms with Gasteiger partial charge in [0.05, 0.1) is 0 Å². The molecule has 266 valence electrons. The van der Waals surface area contributed by atoms with E-state index in [1.807, 2.05) is 53.1 Å². The molecule has 1 atom stereocenters. The lowest BCUT2D eigenvalue weighted by Crippen LogP contribution is -2.58. The first-order valence-electron chi connectivity index (χ1n) is 17.9. The number of aryl methyl sites for hydroxylation is 2. The molecule has 6 rings (SSSR count). The zero-order chi connectivity index (χ0) is 35.2. The second-order valence-corrected chi connectivity index (χ2v) is 15.0. The molecule has 3 aliphatic heterocycles. The van der Waals surface area contributed by atoms with E-state index < -0.39 is 6.04 Å². The van der Waals surface area contributed by atoms with Crippen molar-refractivity contribution in [3.63, 3.8) is 0 Å². The number of likely N-dealkylation sites (tertiary alicyclic amines) is 1. The molecule has 10 nitrogen and oxygen atoms in total. The molecule has 3 heterocycles. The number of nitrogens with one attached hydrogen (secondary N) is 2. The summed E-state index contributed by atoms with van der Waals surface area (Å²) in [5, 5.41) is 6.14. The molecule has 3 aliphatic rings. The van der Waals surface area contributed by atoms with Crippen molar-refractivity contribution in [1.29, 1.82) is 0 Å². The standard InChI is InChI=1S/C39H50BrN7O3/c1-28-25-30(12-15-34(28)40)26-36(37(48)45-23-21-44(22-24-45)32-13-10-29(11-14-32)7-6-18-43(2)3)42-38(49)46-19-16-33(17-20-46)47-27-31-8-4-5-9-35(31)41-39(47)50/h4-5,8-15,25,33,36H,6-7,16-24,26-27H2,1-3H3,(H,41,50)(H,42,49). The van der Waals surface area contributed by atoms with Gasteiger partial charge in [-0.3, -0.25) is 4.79 Å². The lowest BCUT2D eigenvalue weighted by atomic mass is 10.0. The summed E-state index contributed by atoms with van der Waals surface area (Å²) in [6, 6.07) is 21.9. The summed E-state index contributed by atoms with van der Waals surface area (Å²) < 4.78 is 1.01. The Hall–Kier alpha value is -4.09. The van der Waals surface area contributed by atoms with E-state index in [4.69, 9.17) is 0 Å². The summed E-state index contributed by atoms with van der Waals surface area (Å²) in [6.07, 6.45) is 3.99. The number of carbonyl (C=O) groups excluding carboxylic acids is 3. The Morgan fingerprint density at radius 2 is 1.62 bits per heavy atom. The van der Waals surface area contributed by atoms with Crippen molar-refractivity contribution < 1.29 is 14.4 Å². The molecule has 2 saturated heterocycles. The van der Waals surface area contributed by atoms with E-state index in [9.17, 15) is 14.4 Å². The number of hydrogen-bond donors (Lipinski definition) is 2. The molecule has 0 spiro atoms. The summed E-state index contributed by atoms with van der Waals surface area (Å²) in [5.74, 6) is -0.0478. The third-order valence-electron chi connectivity index (χ3n) is 10.3. The molecule has 3 aromatic carbocycles. The van der Waals surface area contributed by atoms with Crippen LogP contribution in [0.3, 0.4) is 0 Å². The highest BCUT2D eigenvalue weighted by Gasteiger charge is 2.35. The molecule has 3 aromatic rings. The molecule has 0 aromatic heterocycles. The van der Waals surface area contributed by atoms with Crippen molar-refractivity contribution in [1.82, 2.24) is 24.9 Å². The average molecular weight is 745 g/mol. The fraction of sp³-hybridized carbons (Fsp3) is 0.462. The maximum atomic E-state index is 14.1. The highest BCUT2D eigenvalue weighted by molar-refractivity contribution is 9.10. The van der Waals surface area contributed by atoms with Gasteiger partial charge in [-0.2, -0.15) is 0 Å². The highest BCUT2D eigenvalue weighted by atomic mass is 79.9. The highest BCUT2D eigenvalue weighted by Crippen LogP contribution is 2.28. The van der Waals surface area contributed by atoms with Gasteiger partial charge in [-0.05, 0) is 99.8 Å². The average Bonchev–Trinajstić information content (AvgIpc) is 3.12. The molecule has 0 aliphatic carbocycles. The van der Waals surface area contributed by atoms with Gasteiger partial charge >= 0.3 is 12.1 Å². The zero-order valence-electron chi connectivity index (χ0n) is 29.5. The molecule has 0 bridgehead atoms. The number of rotatable bonds is 10. The minimum atomic E-state index is -0.682. The van der Waals surface area contributed by atoms with E-state index in [-0.39, 0.29) is 24.0 Å². The summed E-state index contributed by atoms with van der Waals surface area (Å²) in [5.41, 5.74) is 6.58. The Bertz CT molecular complexity index is 1650. The van der Waals surface area contributed by atoms with E-state index in [0.717, 1.165) is 59.3 Å². The topological polar surface area (TPSA) is 91.5 Å². The van der Waals surface area contributed by atoms with Crippen LogP contribution in [0.1, 0.15) is 41.5 Å². The summed E-state index contributed by atoms with van der Waals surface area (Å²) in [6.45, 7) is 7.40. The van der Waals surface area contributed by atoms with Gasteiger partial charge in [-0.15, -0.1) is 0 Å². The predicted octanol–water partition coefficient (Wildman–Crippen LogP) is 5.73. The summed E-state index contributed by atoms with van der Waals surface area (Å²) in [7, 11) is 4.21.